The first-order chi connectivity index (χ1) is 13.6. The third-order valence-corrected chi connectivity index (χ3v) is 4.91. The maximum absolute atomic E-state index is 12.7. The van der Waals surface area contributed by atoms with E-state index in [1.54, 1.807) is 11.8 Å². The Morgan fingerprint density at radius 2 is 1.89 bits per heavy atom. The molecule has 0 atom stereocenters. The SMILES string of the molecule is Cc1onc(-c2ccccc2)c1C(=O)NCc1ccc(N2CCCC2=O)cc1. The normalized spacial score (nSPS) is 13.8. The molecule has 0 spiro atoms. The lowest BCUT2D eigenvalue weighted by molar-refractivity contribution is -0.117. The van der Waals surface area contributed by atoms with Crippen molar-refractivity contribution < 1.29 is 14.1 Å². The zero-order valence-corrected chi connectivity index (χ0v) is 15.6. The van der Waals surface area contributed by atoms with Crippen LogP contribution in [0.25, 0.3) is 11.3 Å². The Morgan fingerprint density at radius 1 is 1.14 bits per heavy atom. The second kappa shape index (κ2) is 7.68. The van der Waals surface area contributed by atoms with E-state index < -0.39 is 0 Å². The van der Waals surface area contributed by atoms with Crippen LogP contribution < -0.4 is 10.2 Å². The third kappa shape index (κ3) is 3.53. The maximum atomic E-state index is 12.7. The Kier molecular flexibility index (Phi) is 4.93. The molecule has 0 radical (unpaired) electrons. The predicted molar refractivity (Wildman–Crippen MR) is 106 cm³/mol. The van der Waals surface area contributed by atoms with E-state index in [2.05, 4.69) is 10.5 Å². The van der Waals surface area contributed by atoms with Gasteiger partial charge in [-0.2, -0.15) is 0 Å². The standard InChI is InChI=1S/C22H21N3O3/c1-15-20(21(24-28-15)17-6-3-2-4-7-17)22(27)23-14-16-9-11-18(12-10-16)25-13-5-8-19(25)26/h2-4,6-7,9-12H,5,8,13-14H2,1H3,(H,23,27). The van der Waals surface area contributed by atoms with Crippen LogP contribution in [0.1, 0.15) is 34.5 Å². The van der Waals surface area contributed by atoms with Gasteiger partial charge in [0, 0.05) is 30.8 Å². The minimum absolute atomic E-state index is 0.164. The van der Waals surface area contributed by atoms with Gasteiger partial charge < -0.3 is 14.7 Å². The molecular weight excluding hydrogens is 354 g/mol. The number of hydrogen-bond acceptors (Lipinski definition) is 4. The average Bonchev–Trinajstić information content (AvgIpc) is 3.33. The smallest absolute Gasteiger partial charge is 0.257 e. The molecule has 1 saturated heterocycles. The highest BCUT2D eigenvalue weighted by Gasteiger charge is 2.22. The van der Waals surface area contributed by atoms with Crippen molar-refractivity contribution in [1.82, 2.24) is 10.5 Å². The summed E-state index contributed by atoms with van der Waals surface area (Å²) in [7, 11) is 0. The van der Waals surface area contributed by atoms with Gasteiger partial charge in [-0.05, 0) is 31.0 Å². The topological polar surface area (TPSA) is 75.4 Å². The number of anilines is 1. The van der Waals surface area contributed by atoms with Gasteiger partial charge in [-0.1, -0.05) is 47.6 Å². The van der Waals surface area contributed by atoms with Crippen LogP contribution in [-0.4, -0.2) is 23.5 Å². The van der Waals surface area contributed by atoms with Gasteiger partial charge in [-0.15, -0.1) is 0 Å². The van der Waals surface area contributed by atoms with E-state index in [0.717, 1.165) is 29.8 Å². The molecule has 2 amide bonds. The van der Waals surface area contributed by atoms with Crippen LogP contribution in [0.3, 0.4) is 0 Å². The number of nitrogens with zero attached hydrogens (tertiary/aromatic N) is 2. The Balaban J connectivity index is 1.45. The number of aryl methyl sites for hydroxylation is 1. The van der Waals surface area contributed by atoms with E-state index in [1.807, 2.05) is 54.6 Å². The second-order valence-corrected chi connectivity index (χ2v) is 6.83. The molecular formula is C22H21N3O3. The van der Waals surface area contributed by atoms with Crippen LogP contribution in [-0.2, 0) is 11.3 Å². The highest BCUT2D eigenvalue weighted by molar-refractivity contribution is 6.00. The fourth-order valence-corrected chi connectivity index (χ4v) is 3.42. The lowest BCUT2D eigenvalue weighted by Gasteiger charge is -2.16. The molecule has 2 heterocycles. The molecule has 1 aliphatic heterocycles. The molecule has 1 aromatic heterocycles. The molecule has 2 aromatic carbocycles. The van der Waals surface area contributed by atoms with Crippen molar-refractivity contribution in [1.29, 1.82) is 0 Å². The van der Waals surface area contributed by atoms with Gasteiger partial charge in [0.25, 0.3) is 5.91 Å². The third-order valence-electron chi connectivity index (χ3n) is 4.91. The Bertz CT molecular complexity index is 994. The van der Waals surface area contributed by atoms with Gasteiger partial charge in [-0.25, -0.2) is 0 Å². The fraction of sp³-hybridized carbons (Fsp3) is 0.227. The van der Waals surface area contributed by atoms with Crippen molar-refractivity contribution in [3.63, 3.8) is 0 Å². The molecule has 1 aliphatic rings. The molecule has 3 aromatic rings. The van der Waals surface area contributed by atoms with Crippen LogP contribution in [0.15, 0.2) is 59.1 Å². The van der Waals surface area contributed by atoms with Gasteiger partial charge in [0.1, 0.15) is 17.0 Å². The van der Waals surface area contributed by atoms with E-state index in [-0.39, 0.29) is 11.8 Å². The summed E-state index contributed by atoms with van der Waals surface area (Å²) in [4.78, 5) is 26.4. The highest BCUT2D eigenvalue weighted by atomic mass is 16.5. The lowest BCUT2D eigenvalue weighted by Crippen LogP contribution is -2.24. The first kappa shape index (κ1) is 18.0. The quantitative estimate of drug-likeness (QED) is 0.738. The first-order valence-electron chi connectivity index (χ1n) is 9.32. The predicted octanol–water partition coefficient (Wildman–Crippen LogP) is 3.71. The first-order valence-corrected chi connectivity index (χ1v) is 9.32. The zero-order valence-electron chi connectivity index (χ0n) is 15.6. The number of amides is 2. The maximum Gasteiger partial charge on any atom is 0.257 e. The monoisotopic (exact) mass is 375 g/mol. The molecule has 1 N–H and O–H groups in total. The number of benzene rings is 2. The van der Waals surface area contributed by atoms with E-state index in [1.165, 1.54) is 0 Å². The number of rotatable bonds is 5. The van der Waals surface area contributed by atoms with Crippen molar-refractivity contribution in [2.75, 3.05) is 11.4 Å². The van der Waals surface area contributed by atoms with Gasteiger partial charge in [-0.3, -0.25) is 9.59 Å². The van der Waals surface area contributed by atoms with E-state index in [0.29, 0.717) is 30.0 Å². The van der Waals surface area contributed by atoms with Crippen LogP contribution in [0.2, 0.25) is 0 Å². The van der Waals surface area contributed by atoms with E-state index >= 15 is 0 Å². The van der Waals surface area contributed by atoms with Gasteiger partial charge in [0.2, 0.25) is 5.91 Å². The minimum Gasteiger partial charge on any atom is -0.360 e. The molecule has 0 aliphatic carbocycles. The van der Waals surface area contributed by atoms with Crippen molar-refractivity contribution in [3.05, 3.63) is 71.5 Å². The molecule has 28 heavy (non-hydrogen) atoms. The summed E-state index contributed by atoms with van der Waals surface area (Å²) in [5.41, 5.74) is 3.69. The van der Waals surface area contributed by atoms with Crippen LogP contribution >= 0.6 is 0 Å². The van der Waals surface area contributed by atoms with Crippen molar-refractivity contribution in [3.8, 4) is 11.3 Å². The highest BCUT2D eigenvalue weighted by Crippen LogP contribution is 2.25. The Hall–Kier alpha value is -3.41. The molecule has 0 saturated carbocycles. The zero-order chi connectivity index (χ0) is 19.5. The molecule has 0 bridgehead atoms. The minimum atomic E-state index is -0.226. The van der Waals surface area contributed by atoms with E-state index in [9.17, 15) is 9.59 Å². The molecule has 6 heteroatoms. The summed E-state index contributed by atoms with van der Waals surface area (Å²) < 4.78 is 5.26. The lowest BCUT2D eigenvalue weighted by atomic mass is 10.1. The number of aromatic nitrogens is 1. The largest absolute Gasteiger partial charge is 0.360 e. The molecule has 1 fully saturated rings. The number of hydrogen-bond donors (Lipinski definition) is 1. The van der Waals surface area contributed by atoms with Crippen molar-refractivity contribution in [2.45, 2.75) is 26.3 Å². The van der Waals surface area contributed by atoms with Crippen LogP contribution in [0.5, 0.6) is 0 Å². The molecule has 0 unspecified atom stereocenters. The summed E-state index contributed by atoms with van der Waals surface area (Å²) in [5, 5.41) is 6.98. The van der Waals surface area contributed by atoms with Gasteiger partial charge >= 0.3 is 0 Å². The van der Waals surface area contributed by atoms with Crippen LogP contribution in [0, 0.1) is 6.92 Å². The molecule has 6 nitrogen and oxygen atoms in total. The van der Waals surface area contributed by atoms with Gasteiger partial charge in [0.15, 0.2) is 0 Å². The average molecular weight is 375 g/mol. The Labute approximate surface area is 163 Å². The fourth-order valence-electron chi connectivity index (χ4n) is 3.42. The van der Waals surface area contributed by atoms with Crippen molar-refractivity contribution in [2.24, 2.45) is 0 Å². The number of carbonyl (C=O) groups is 2. The second-order valence-electron chi connectivity index (χ2n) is 6.83. The van der Waals surface area contributed by atoms with Gasteiger partial charge in [0.05, 0.1) is 0 Å². The number of carbonyl (C=O) groups excluding carboxylic acids is 2. The summed E-state index contributed by atoms with van der Waals surface area (Å²) in [6.45, 7) is 2.88. The summed E-state index contributed by atoms with van der Waals surface area (Å²) >= 11 is 0. The summed E-state index contributed by atoms with van der Waals surface area (Å²) in [6.07, 6.45) is 1.51. The summed E-state index contributed by atoms with van der Waals surface area (Å²) in [6, 6.07) is 17.2. The number of nitrogens with one attached hydrogen (secondary N) is 1. The van der Waals surface area contributed by atoms with Crippen molar-refractivity contribution >= 4 is 17.5 Å². The molecule has 4 rings (SSSR count). The Morgan fingerprint density at radius 3 is 2.57 bits per heavy atom. The molecule has 142 valence electrons. The van der Waals surface area contributed by atoms with Crippen LogP contribution in [0.4, 0.5) is 5.69 Å². The summed E-state index contributed by atoms with van der Waals surface area (Å²) in [5.74, 6) is 0.424. The van der Waals surface area contributed by atoms with E-state index in [4.69, 9.17) is 4.52 Å².